The third kappa shape index (κ3) is 4.63. The molecule has 188 valence electrons. The molecular weight excluding hydrogens is 468 g/mol. The lowest BCUT2D eigenvalue weighted by molar-refractivity contribution is 0.0889. The molecule has 0 saturated carbocycles. The lowest BCUT2D eigenvalue weighted by atomic mass is 10.1. The van der Waals surface area contributed by atoms with Crippen molar-refractivity contribution in [2.45, 2.75) is 25.9 Å². The molecule has 6 rings (SSSR count). The van der Waals surface area contributed by atoms with Gasteiger partial charge in [0.2, 0.25) is 5.95 Å². The Morgan fingerprint density at radius 3 is 2.81 bits per heavy atom. The maximum atomic E-state index is 6.16. The lowest BCUT2D eigenvalue weighted by Gasteiger charge is -2.31. The molecular formula is C27H28N8O2. The molecule has 0 aliphatic carbocycles. The zero-order chi connectivity index (χ0) is 25.4. The molecule has 1 atom stereocenters. The molecule has 1 fully saturated rings. The SMILES string of the molecule is CO[C@@H]1CCCN(c2ncc3ncnc(Nc4ccc(Oc5ccc6c(c5)ncn6C)c(C)c4)c3n2)C1. The second-order valence-corrected chi connectivity index (χ2v) is 9.29. The predicted octanol–water partition coefficient (Wildman–Crippen LogP) is 4.77. The van der Waals surface area contributed by atoms with Gasteiger partial charge in [0.25, 0.3) is 0 Å². The number of anilines is 3. The van der Waals surface area contributed by atoms with Crippen molar-refractivity contribution >= 4 is 39.5 Å². The van der Waals surface area contributed by atoms with Crippen LogP contribution in [0.2, 0.25) is 0 Å². The molecule has 0 bridgehead atoms. The molecule has 0 unspecified atom stereocenters. The molecule has 3 aromatic heterocycles. The number of hydrogen-bond donors (Lipinski definition) is 1. The molecule has 1 saturated heterocycles. The first-order valence-corrected chi connectivity index (χ1v) is 12.3. The molecule has 1 N–H and O–H groups in total. The molecule has 0 amide bonds. The number of aryl methyl sites for hydroxylation is 2. The topological polar surface area (TPSA) is 103 Å². The monoisotopic (exact) mass is 496 g/mol. The lowest BCUT2D eigenvalue weighted by Crippen LogP contribution is -2.40. The van der Waals surface area contributed by atoms with Crippen LogP contribution in [0.1, 0.15) is 18.4 Å². The molecule has 10 nitrogen and oxygen atoms in total. The number of fused-ring (bicyclic) bond motifs is 2. The number of imidazole rings is 1. The van der Waals surface area contributed by atoms with Crippen molar-refractivity contribution in [2.75, 3.05) is 30.4 Å². The van der Waals surface area contributed by atoms with E-state index in [0.717, 1.165) is 59.7 Å². The number of methoxy groups -OCH3 is 1. The van der Waals surface area contributed by atoms with E-state index in [4.69, 9.17) is 14.5 Å². The average Bonchev–Trinajstić information content (AvgIpc) is 3.30. The number of benzene rings is 2. The van der Waals surface area contributed by atoms with E-state index in [1.54, 1.807) is 19.6 Å². The van der Waals surface area contributed by atoms with Gasteiger partial charge in [-0.2, -0.15) is 0 Å². The highest BCUT2D eigenvalue weighted by Gasteiger charge is 2.22. The van der Waals surface area contributed by atoms with Crippen molar-refractivity contribution in [3.05, 3.63) is 60.8 Å². The maximum absolute atomic E-state index is 6.16. The second kappa shape index (κ2) is 9.62. The van der Waals surface area contributed by atoms with Crippen LogP contribution in [-0.4, -0.2) is 55.8 Å². The highest BCUT2D eigenvalue weighted by atomic mass is 16.5. The second-order valence-electron chi connectivity index (χ2n) is 9.29. The van der Waals surface area contributed by atoms with Gasteiger partial charge in [0, 0.05) is 39.0 Å². The number of piperidine rings is 1. The Morgan fingerprint density at radius 2 is 1.95 bits per heavy atom. The van der Waals surface area contributed by atoms with Gasteiger partial charge in [-0.1, -0.05) is 0 Å². The molecule has 0 spiro atoms. The molecule has 5 aromatic rings. The van der Waals surface area contributed by atoms with Crippen LogP contribution in [0.15, 0.2) is 55.2 Å². The number of ether oxygens (including phenoxy) is 2. The number of nitrogens with zero attached hydrogens (tertiary/aromatic N) is 7. The minimum absolute atomic E-state index is 0.187. The van der Waals surface area contributed by atoms with Crippen LogP contribution < -0.4 is 15.0 Å². The van der Waals surface area contributed by atoms with E-state index in [0.29, 0.717) is 22.8 Å². The molecule has 10 heteroatoms. The van der Waals surface area contributed by atoms with Gasteiger partial charge in [0.05, 0.1) is 29.7 Å². The Kier molecular flexibility index (Phi) is 6.01. The highest BCUT2D eigenvalue weighted by molar-refractivity contribution is 5.87. The molecule has 1 aliphatic rings. The summed E-state index contributed by atoms with van der Waals surface area (Å²) in [5.41, 5.74) is 5.18. The molecule has 37 heavy (non-hydrogen) atoms. The quantitative estimate of drug-likeness (QED) is 0.356. The fourth-order valence-corrected chi connectivity index (χ4v) is 4.69. The Morgan fingerprint density at radius 1 is 1.03 bits per heavy atom. The number of hydrogen-bond acceptors (Lipinski definition) is 9. The summed E-state index contributed by atoms with van der Waals surface area (Å²) < 4.78 is 13.7. The van der Waals surface area contributed by atoms with Crippen LogP contribution in [0.4, 0.5) is 17.5 Å². The summed E-state index contributed by atoms with van der Waals surface area (Å²) in [5.74, 6) is 2.81. The van der Waals surface area contributed by atoms with Gasteiger partial charge < -0.3 is 24.3 Å². The first kappa shape index (κ1) is 23.1. The van der Waals surface area contributed by atoms with Crippen LogP contribution >= 0.6 is 0 Å². The summed E-state index contributed by atoms with van der Waals surface area (Å²) in [6, 6.07) is 11.9. The number of nitrogens with one attached hydrogen (secondary N) is 1. The van der Waals surface area contributed by atoms with Gasteiger partial charge in [-0.3, -0.25) is 0 Å². The third-order valence-corrected chi connectivity index (χ3v) is 6.72. The average molecular weight is 497 g/mol. The van der Waals surface area contributed by atoms with Crippen molar-refractivity contribution in [3.63, 3.8) is 0 Å². The Labute approximate surface area is 214 Å². The van der Waals surface area contributed by atoms with E-state index in [9.17, 15) is 0 Å². The fourth-order valence-electron chi connectivity index (χ4n) is 4.69. The van der Waals surface area contributed by atoms with Crippen molar-refractivity contribution in [1.29, 1.82) is 0 Å². The summed E-state index contributed by atoms with van der Waals surface area (Å²) >= 11 is 0. The molecule has 2 aromatic carbocycles. The van der Waals surface area contributed by atoms with Crippen LogP contribution in [0.5, 0.6) is 11.5 Å². The van der Waals surface area contributed by atoms with Crippen molar-refractivity contribution < 1.29 is 9.47 Å². The standard InChI is InChI=1S/C27H28N8O2/c1-17-11-18(6-9-24(17)37-19-7-8-23-21(12-19)31-16-34(23)2)32-26-25-22(29-15-30-26)13-28-27(33-25)35-10-4-5-20(14-35)36-3/h6-9,11-13,15-16,20H,4-5,10,14H2,1-3H3,(H,29,30,32)/t20-/m1/s1. The minimum Gasteiger partial charge on any atom is -0.457 e. The van der Waals surface area contributed by atoms with E-state index < -0.39 is 0 Å². The zero-order valence-corrected chi connectivity index (χ0v) is 21.0. The molecule has 1 aliphatic heterocycles. The van der Waals surface area contributed by atoms with E-state index >= 15 is 0 Å². The van der Waals surface area contributed by atoms with E-state index in [1.165, 1.54) is 6.33 Å². The van der Waals surface area contributed by atoms with Crippen LogP contribution in [0, 0.1) is 6.92 Å². The van der Waals surface area contributed by atoms with Crippen LogP contribution in [0.3, 0.4) is 0 Å². The Hall–Kier alpha value is -4.31. The van der Waals surface area contributed by atoms with E-state index in [1.807, 2.05) is 54.9 Å². The normalized spacial score (nSPS) is 15.9. The minimum atomic E-state index is 0.187. The largest absolute Gasteiger partial charge is 0.457 e. The zero-order valence-electron chi connectivity index (χ0n) is 21.0. The fraction of sp³-hybridized carbons (Fsp3) is 0.296. The number of rotatable bonds is 6. The molecule has 0 radical (unpaired) electrons. The van der Waals surface area contributed by atoms with Crippen LogP contribution in [-0.2, 0) is 11.8 Å². The highest BCUT2D eigenvalue weighted by Crippen LogP contribution is 2.31. The van der Waals surface area contributed by atoms with Crippen molar-refractivity contribution in [2.24, 2.45) is 7.05 Å². The first-order chi connectivity index (χ1) is 18.1. The Balaban J connectivity index is 1.24. The maximum Gasteiger partial charge on any atom is 0.226 e. The van der Waals surface area contributed by atoms with Crippen molar-refractivity contribution in [1.82, 2.24) is 29.5 Å². The van der Waals surface area contributed by atoms with Gasteiger partial charge in [0.1, 0.15) is 28.9 Å². The Bertz CT molecular complexity index is 1580. The summed E-state index contributed by atoms with van der Waals surface area (Å²) in [7, 11) is 3.73. The van der Waals surface area contributed by atoms with Gasteiger partial charge in [0.15, 0.2) is 5.82 Å². The summed E-state index contributed by atoms with van der Waals surface area (Å²) in [6.45, 7) is 3.68. The van der Waals surface area contributed by atoms with Gasteiger partial charge in [-0.05, 0) is 55.7 Å². The summed E-state index contributed by atoms with van der Waals surface area (Å²) in [4.78, 5) is 24.8. The van der Waals surface area contributed by atoms with Crippen molar-refractivity contribution in [3.8, 4) is 11.5 Å². The predicted molar refractivity (Wildman–Crippen MR) is 143 cm³/mol. The van der Waals surface area contributed by atoms with Gasteiger partial charge >= 0.3 is 0 Å². The van der Waals surface area contributed by atoms with E-state index in [2.05, 4.69) is 30.2 Å². The van der Waals surface area contributed by atoms with E-state index in [-0.39, 0.29) is 6.10 Å². The van der Waals surface area contributed by atoms with Gasteiger partial charge in [-0.15, -0.1) is 0 Å². The third-order valence-electron chi connectivity index (χ3n) is 6.72. The smallest absolute Gasteiger partial charge is 0.226 e. The summed E-state index contributed by atoms with van der Waals surface area (Å²) in [5, 5.41) is 3.40. The summed E-state index contributed by atoms with van der Waals surface area (Å²) in [6.07, 6.45) is 7.35. The first-order valence-electron chi connectivity index (χ1n) is 12.3. The van der Waals surface area contributed by atoms with Gasteiger partial charge in [-0.25, -0.2) is 24.9 Å². The number of aromatic nitrogens is 6. The molecule has 4 heterocycles. The van der Waals surface area contributed by atoms with Crippen LogP contribution in [0.25, 0.3) is 22.1 Å².